The SMILES string of the molecule is COC(=O)c1cn(Cc2ccc(OC)cc2)nc1C(F)(F)F. The fourth-order valence-electron chi connectivity index (χ4n) is 1.89. The van der Waals surface area contributed by atoms with Gasteiger partial charge in [-0.3, -0.25) is 4.68 Å². The first-order valence-corrected chi connectivity index (χ1v) is 6.21. The number of esters is 1. The maximum atomic E-state index is 12.9. The largest absolute Gasteiger partial charge is 0.497 e. The third-order valence-electron chi connectivity index (χ3n) is 2.94. The van der Waals surface area contributed by atoms with E-state index in [4.69, 9.17) is 4.74 Å². The first-order chi connectivity index (χ1) is 10.3. The van der Waals surface area contributed by atoms with Crippen molar-refractivity contribution in [3.63, 3.8) is 0 Å². The molecule has 0 unspecified atom stereocenters. The molecule has 1 heterocycles. The molecule has 118 valence electrons. The van der Waals surface area contributed by atoms with Gasteiger partial charge in [-0.15, -0.1) is 0 Å². The maximum absolute atomic E-state index is 12.9. The number of carbonyl (C=O) groups excluding carboxylic acids is 1. The van der Waals surface area contributed by atoms with Gasteiger partial charge in [0.2, 0.25) is 0 Å². The van der Waals surface area contributed by atoms with Crippen molar-refractivity contribution in [2.24, 2.45) is 0 Å². The lowest BCUT2D eigenvalue weighted by Crippen LogP contribution is -2.13. The average Bonchev–Trinajstić information content (AvgIpc) is 2.91. The highest BCUT2D eigenvalue weighted by Gasteiger charge is 2.39. The van der Waals surface area contributed by atoms with Gasteiger partial charge in [-0.1, -0.05) is 12.1 Å². The molecule has 0 radical (unpaired) electrons. The van der Waals surface area contributed by atoms with Crippen molar-refractivity contribution in [1.82, 2.24) is 9.78 Å². The van der Waals surface area contributed by atoms with Crippen LogP contribution in [0.25, 0.3) is 0 Å². The quantitative estimate of drug-likeness (QED) is 0.814. The lowest BCUT2D eigenvalue weighted by Gasteiger charge is -2.05. The van der Waals surface area contributed by atoms with Gasteiger partial charge in [-0.2, -0.15) is 18.3 Å². The van der Waals surface area contributed by atoms with Crippen molar-refractivity contribution in [1.29, 1.82) is 0 Å². The molecule has 1 aromatic heterocycles. The Morgan fingerprint density at radius 1 is 1.23 bits per heavy atom. The Bertz CT molecular complexity index is 663. The van der Waals surface area contributed by atoms with E-state index in [9.17, 15) is 18.0 Å². The molecule has 0 fully saturated rings. The minimum absolute atomic E-state index is 0.0874. The zero-order chi connectivity index (χ0) is 16.3. The standard InChI is InChI=1S/C14H13F3N2O3/c1-21-10-5-3-9(4-6-10)7-19-8-11(13(20)22-2)12(18-19)14(15,16)17/h3-6,8H,7H2,1-2H3. The van der Waals surface area contributed by atoms with Gasteiger partial charge >= 0.3 is 12.1 Å². The number of halogens is 3. The van der Waals surface area contributed by atoms with Crippen LogP contribution in [-0.2, 0) is 17.5 Å². The molecular weight excluding hydrogens is 301 g/mol. The number of carbonyl (C=O) groups is 1. The van der Waals surface area contributed by atoms with Crippen molar-refractivity contribution in [2.45, 2.75) is 12.7 Å². The number of alkyl halides is 3. The second kappa shape index (κ2) is 6.08. The van der Waals surface area contributed by atoms with Crippen molar-refractivity contribution < 1.29 is 27.4 Å². The Morgan fingerprint density at radius 3 is 2.36 bits per heavy atom. The van der Waals surface area contributed by atoms with Crippen LogP contribution < -0.4 is 4.74 Å². The average molecular weight is 314 g/mol. The molecule has 0 aliphatic carbocycles. The second-order valence-corrected chi connectivity index (χ2v) is 4.43. The summed E-state index contributed by atoms with van der Waals surface area (Å²) in [4.78, 5) is 11.4. The van der Waals surface area contributed by atoms with Crippen LogP contribution in [-0.4, -0.2) is 30.0 Å². The van der Waals surface area contributed by atoms with Crippen molar-refractivity contribution in [3.8, 4) is 5.75 Å². The Kier molecular flexibility index (Phi) is 4.39. The molecule has 0 N–H and O–H groups in total. The van der Waals surface area contributed by atoms with E-state index in [0.29, 0.717) is 11.3 Å². The topological polar surface area (TPSA) is 53.4 Å². The Labute approximate surface area is 124 Å². The van der Waals surface area contributed by atoms with Gasteiger partial charge in [0.15, 0.2) is 5.69 Å². The van der Waals surface area contributed by atoms with E-state index in [1.54, 1.807) is 24.3 Å². The van der Waals surface area contributed by atoms with E-state index in [2.05, 4.69) is 9.84 Å². The molecule has 0 aliphatic heterocycles. The van der Waals surface area contributed by atoms with Crippen LogP contribution in [0, 0.1) is 0 Å². The lowest BCUT2D eigenvalue weighted by molar-refractivity contribution is -0.142. The van der Waals surface area contributed by atoms with Gasteiger partial charge in [0, 0.05) is 6.20 Å². The number of ether oxygens (including phenoxy) is 2. The van der Waals surface area contributed by atoms with Crippen molar-refractivity contribution >= 4 is 5.97 Å². The minimum Gasteiger partial charge on any atom is -0.497 e. The highest BCUT2D eigenvalue weighted by Crippen LogP contribution is 2.31. The van der Waals surface area contributed by atoms with E-state index < -0.39 is 23.4 Å². The van der Waals surface area contributed by atoms with Gasteiger partial charge in [0.25, 0.3) is 0 Å². The Balaban J connectivity index is 2.31. The molecule has 2 rings (SSSR count). The summed E-state index contributed by atoms with van der Waals surface area (Å²) >= 11 is 0. The zero-order valence-electron chi connectivity index (χ0n) is 11.8. The molecule has 2 aromatic rings. The molecule has 0 atom stereocenters. The molecule has 0 aliphatic rings. The summed E-state index contributed by atoms with van der Waals surface area (Å²) in [5.74, 6) is -0.441. The number of hydrogen-bond donors (Lipinski definition) is 0. The number of hydrogen-bond acceptors (Lipinski definition) is 4. The second-order valence-electron chi connectivity index (χ2n) is 4.43. The lowest BCUT2D eigenvalue weighted by atomic mass is 10.2. The van der Waals surface area contributed by atoms with E-state index in [1.807, 2.05) is 0 Å². The molecule has 22 heavy (non-hydrogen) atoms. The predicted molar refractivity (Wildman–Crippen MR) is 70.7 cm³/mol. The fraction of sp³-hybridized carbons (Fsp3) is 0.286. The summed E-state index contributed by atoms with van der Waals surface area (Å²) in [6, 6.07) is 6.77. The summed E-state index contributed by atoms with van der Waals surface area (Å²) in [7, 11) is 2.53. The van der Waals surface area contributed by atoms with Gasteiger partial charge < -0.3 is 9.47 Å². The molecule has 0 bridgehead atoms. The summed E-state index contributed by atoms with van der Waals surface area (Å²) in [6.07, 6.45) is -3.70. The first-order valence-electron chi connectivity index (χ1n) is 6.21. The molecule has 8 heteroatoms. The summed E-state index contributed by atoms with van der Waals surface area (Å²) in [5, 5.41) is 3.45. The van der Waals surface area contributed by atoms with Crippen LogP contribution in [0.4, 0.5) is 13.2 Å². The van der Waals surface area contributed by atoms with E-state index in [-0.39, 0.29) is 6.54 Å². The van der Waals surface area contributed by atoms with Crippen LogP contribution in [0.2, 0.25) is 0 Å². The summed E-state index contributed by atoms with van der Waals surface area (Å²) < 4.78 is 49.1. The molecule has 5 nitrogen and oxygen atoms in total. The van der Waals surface area contributed by atoms with Crippen molar-refractivity contribution in [2.75, 3.05) is 14.2 Å². The Morgan fingerprint density at radius 2 is 1.86 bits per heavy atom. The van der Waals surface area contributed by atoms with Gasteiger partial charge in [-0.05, 0) is 17.7 Å². The van der Waals surface area contributed by atoms with Crippen LogP contribution >= 0.6 is 0 Å². The Hall–Kier alpha value is -2.51. The molecule has 0 saturated heterocycles. The number of nitrogens with zero attached hydrogens (tertiary/aromatic N) is 2. The zero-order valence-corrected chi connectivity index (χ0v) is 11.8. The molecule has 0 saturated carbocycles. The molecule has 1 aromatic carbocycles. The molecule has 0 amide bonds. The third-order valence-corrected chi connectivity index (χ3v) is 2.94. The van der Waals surface area contributed by atoms with E-state index in [1.165, 1.54) is 7.11 Å². The fourth-order valence-corrected chi connectivity index (χ4v) is 1.89. The molecule has 0 spiro atoms. The van der Waals surface area contributed by atoms with Crippen molar-refractivity contribution in [3.05, 3.63) is 47.3 Å². The van der Waals surface area contributed by atoms with Crippen LogP contribution in [0.15, 0.2) is 30.5 Å². The van der Waals surface area contributed by atoms with Gasteiger partial charge in [-0.25, -0.2) is 4.79 Å². The van der Waals surface area contributed by atoms with Crippen LogP contribution in [0.5, 0.6) is 5.75 Å². The highest BCUT2D eigenvalue weighted by atomic mass is 19.4. The summed E-state index contributed by atoms with van der Waals surface area (Å²) in [5.41, 5.74) is -1.15. The number of aromatic nitrogens is 2. The first kappa shape index (κ1) is 15.9. The van der Waals surface area contributed by atoms with Crippen LogP contribution in [0.3, 0.4) is 0 Å². The normalized spacial score (nSPS) is 11.3. The predicted octanol–water partition coefficient (Wildman–Crippen LogP) is 2.75. The van der Waals surface area contributed by atoms with Gasteiger partial charge in [0.05, 0.1) is 20.8 Å². The van der Waals surface area contributed by atoms with Gasteiger partial charge in [0.1, 0.15) is 11.3 Å². The smallest absolute Gasteiger partial charge is 0.436 e. The number of benzene rings is 1. The highest BCUT2D eigenvalue weighted by molar-refractivity contribution is 5.90. The van der Waals surface area contributed by atoms with E-state index >= 15 is 0 Å². The number of methoxy groups -OCH3 is 2. The number of rotatable bonds is 4. The van der Waals surface area contributed by atoms with E-state index in [0.717, 1.165) is 18.0 Å². The minimum atomic E-state index is -4.73. The maximum Gasteiger partial charge on any atom is 0.436 e. The summed E-state index contributed by atoms with van der Waals surface area (Å²) in [6.45, 7) is 0.0874. The third kappa shape index (κ3) is 3.38. The van der Waals surface area contributed by atoms with Crippen LogP contribution in [0.1, 0.15) is 21.6 Å². The monoisotopic (exact) mass is 314 g/mol. The molecular formula is C14H13F3N2O3.